The van der Waals surface area contributed by atoms with Gasteiger partial charge in [-0.05, 0) is 54.4 Å². The molecule has 1 unspecified atom stereocenters. The summed E-state index contributed by atoms with van der Waals surface area (Å²) in [5.41, 5.74) is 4.31. The van der Waals surface area contributed by atoms with Crippen LogP contribution in [0.5, 0.6) is 0 Å². The molecule has 0 aliphatic carbocycles. The minimum absolute atomic E-state index is 0.722. The first-order valence-electron chi connectivity index (χ1n) is 7.25. The summed E-state index contributed by atoms with van der Waals surface area (Å²) in [4.78, 5) is 4.21. The lowest BCUT2D eigenvalue weighted by atomic mass is 9.93. The summed E-state index contributed by atoms with van der Waals surface area (Å²) in [5.74, 6) is 0.722. The van der Waals surface area contributed by atoms with Gasteiger partial charge in [-0.15, -0.1) is 0 Å². The van der Waals surface area contributed by atoms with E-state index in [0.29, 0.717) is 0 Å². The molecular weight excluding hydrogens is 230 g/mol. The Morgan fingerprint density at radius 2 is 1.84 bits per heavy atom. The molecule has 0 aliphatic rings. The predicted molar refractivity (Wildman–Crippen MR) is 81.2 cm³/mol. The molecule has 0 saturated carbocycles. The second kappa shape index (κ2) is 7.08. The van der Waals surface area contributed by atoms with Gasteiger partial charge in [0.05, 0.1) is 0 Å². The third kappa shape index (κ3) is 4.20. The molecule has 1 heterocycles. The average molecular weight is 253 g/mol. The molecule has 0 aliphatic heterocycles. The highest BCUT2D eigenvalue weighted by Crippen LogP contribution is 2.17. The number of hydrogen-bond acceptors (Lipinski definition) is 1. The molecule has 1 atom stereocenters. The van der Waals surface area contributed by atoms with Gasteiger partial charge in [0.15, 0.2) is 0 Å². The largest absolute Gasteiger partial charge is 0.264 e. The van der Waals surface area contributed by atoms with Crippen LogP contribution in [0.25, 0.3) is 0 Å². The van der Waals surface area contributed by atoms with E-state index < -0.39 is 0 Å². The lowest BCUT2D eigenvalue weighted by Crippen LogP contribution is -2.03. The highest BCUT2D eigenvalue weighted by atomic mass is 14.6. The van der Waals surface area contributed by atoms with Crippen molar-refractivity contribution < 1.29 is 0 Å². The monoisotopic (exact) mass is 253 g/mol. The van der Waals surface area contributed by atoms with Crippen molar-refractivity contribution in [3.8, 4) is 0 Å². The zero-order valence-corrected chi connectivity index (χ0v) is 12.0. The van der Waals surface area contributed by atoms with Gasteiger partial charge in [-0.3, -0.25) is 4.98 Å². The summed E-state index contributed by atoms with van der Waals surface area (Å²) in [6.07, 6.45) is 8.59. The van der Waals surface area contributed by atoms with Crippen molar-refractivity contribution in [3.05, 3.63) is 65.5 Å². The number of aryl methyl sites for hydroxylation is 2. The molecule has 2 aromatic rings. The molecule has 0 amide bonds. The van der Waals surface area contributed by atoms with Crippen molar-refractivity contribution in [1.82, 2.24) is 4.98 Å². The summed E-state index contributed by atoms with van der Waals surface area (Å²) >= 11 is 0. The molecule has 0 radical (unpaired) electrons. The molecule has 1 heteroatoms. The fourth-order valence-corrected chi connectivity index (χ4v) is 2.54. The minimum atomic E-state index is 0.722. The summed E-state index contributed by atoms with van der Waals surface area (Å²) in [6, 6.07) is 13.0. The van der Waals surface area contributed by atoms with Gasteiger partial charge in [0.1, 0.15) is 0 Å². The third-order valence-corrected chi connectivity index (χ3v) is 3.72. The smallest absolute Gasteiger partial charge is 0.0302 e. The number of hydrogen-bond donors (Lipinski definition) is 0. The van der Waals surface area contributed by atoms with Gasteiger partial charge in [-0.25, -0.2) is 0 Å². The predicted octanol–water partition coefficient (Wildman–Crippen LogP) is 4.46. The molecule has 0 spiro atoms. The Hall–Kier alpha value is -1.63. The Morgan fingerprint density at radius 1 is 1.05 bits per heavy atom. The fourth-order valence-electron chi connectivity index (χ4n) is 2.54. The Morgan fingerprint density at radius 3 is 2.58 bits per heavy atom. The average Bonchev–Trinajstić information content (AvgIpc) is 2.46. The number of aromatic nitrogens is 1. The van der Waals surface area contributed by atoms with Crippen molar-refractivity contribution in [3.63, 3.8) is 0 Å². The topological polar surface area (TPSA) is 12.9 Å². The Bertz CT molecular complexity index is 490. The van der Waals surface area contributed by atoms with Crippen molar-refractivity contribution in [2.45, 2.75) is 39.5 Å². The molecule has 1 aromatic carbocycles. The molecule has 2 rings (SSSR count). The molecule has 0 fully saturated rings. The van der Waals surface area contributed by atoms with Crippen molar-refractivity contribution in [2.24, 2.45) is 5.92 Å². The van der Waals surface area contributed by atoms with Crippen molar-refractivity contribution in [1.29, 1.82) is 0 Å². The summed E-state index contributed by atoms with van der Waals surface area (Å²) in [5, 5.41) is 0. The van der Waals surface area contributed by atoms with Gasteiger partial charge in [0.25, 0.3) is 0 Å². The maximum Gasteiger partial charge on any atom is 0.0302 e. The maximum atomic E-state index is 4.21. The van der Waals surface area contributed by atoms with Gasteiger partial charge in [-0.2, -0.15) is 0 Å². The van der Waals surface area contributed by atoms with E-state index in [4.69, 9.17) is 0 Å². The van der Waals surface area contributed by atoms with Crippen LogP contribution in [-0.2, 0) is 19.3 Å². The Labute approximate surface area is 116 Å². The third-order valence-electron chi connectivity index (χ3n) is 3.72. The van der Waals surface area contributed by atoms with Gasteiger partial charge in [0.2, 0.25) is 0 Å². The van der Waals surface area contributed by atoms with E-state index in [0.717, 1.165) is 12.3 Å². The Kier molecular flexibility index (Phi) is 5.14. The fraction of sp³-hybridized carbons (Fsp3) is 0.389. The van der Waals surface area contributed by atoms with Crippen LogP contribution < -0.4 is 0 Å². The van der Waals surface area contributed by atoms with E-state index in [1.165, 1.54) is 36.0 Å². The van der Waals surface area contributed by atoms with E-state index >= 15 is 0 Å². The SMILES string of the molecule is CCc1cnccc1CCC(C)Cc1ccccc1. The van der Waals surface area contributed by atoms with Gasteiger partial charge in [-0.1, -0.05) is 44.2 Å². The molecule has 100 valence electrons. The number of rotatable bonds is 6. The summed E-state index contributed by atoms with van der Waals surface area (Å²) < 4.78 is 0. The molecule has 19 heavy (non-hydrogen) atoms. The summed E-state index contributed by atoms with van der Waals surface area (Å²) in [7, 11) is 0. The first-order chi connectivity index (χ1) is 9.29. The molecule has 1 nitrogen and oxygen atoms in total. The van der Waals surface area contributed by atoms with Gasteiger partial charge in [0, 0.05) is 12.4 Å². The van der Waals surface area contributed by atoms with Crippen LogP contribution in [0.3, 0.4) is 0 Å². The van der Waals surface area contributed by atoms with Crippen LogP contribution in [-0.4, -0.2) is 4.98 Å². The van der Waals surface area contributed by atoms with E-state index in [1.807, 2.05) is 12.4 Å². The van der Waals surface area contributed by atoms with Crippen molar-refractivity contribution in [2.75, 3.05) is 0 Å². The highest BCUT2D eigenvalue weighted by Gasteiger charge is 2.06. The maximum absolute atomic E-state index is 4.21. The normalized spacial score (nSPS) is 12.3. The molecule has 0 bridgehead atoms. The second-order valence-electron chi connectivity index (χ2n) is 5.33. The lowest BCUT2D eigenvalue weighted by Gasteiger charge is -2.13. The first-order valence-corrected chi connectivity index (χ1v) is 7.25. The standard InChI is InChI=1S/C18H23N/c1-3-17-14-19-12-11-18(17)10-9-15(2)13-16-7-5-4-6-8-16/h4-8,11-12,14-15H,3,9-10,13H2,1-2H3. The second-order valence-corrected chi connectivity index (χ2v) is 5.33. The van der Waals surface area contributed by atoms with Gasteiger partial charge < -0.3 is 0 Å². The number of pyridine rings is 1. The number of benzene rings is 1. The van der Waals surface area contributed by atoms with Crippen LogP contribution in [0, 0.1) is 5.92 Å². The van der Waals surface area contributed by atoms with E-state index in [2.05, 4.69) is 55.2 Å². The van der Waals surface area contributed by atoms with E-state index in [1.54, 1.807) is 0 Å². The van der Waals surface area contributed by atoms with Crippen LogP contribution in [0.4, 0.5) is 0 Å². The van der Waals surface area contributed by atoms with Gasteiger partial charge >= 0.3 is 0 Å². The number of nitrogens with zero attached hydrogens (tertiary/aromatic N) is 1. The van der Waals surface area contributed by atoms with E-state index in [9.17, 15) is 0 Å². The minimum Gasteiger partial charge on any atom is -0.264 e. The van der Waals surface area contributed by atoms with E-state index in [-0.39, 0.29) is 0 Å². The zero-order valence-electron chi connectivity index (χ0n) is 12.0. The van der Waals surface area contributed by atoms with Crippen LogP contribution >= 0.6 is 0 Å². The molecule has 0 saturated heterocycles. The van der Waals surface area contributed by atoms with Crippen molar-refractivity contribution >= 4 is 0 Å². The summed E-state index contributed by atoms with van der Waals surface area (Å²) in [6.45, 7) is 4.55. The van der Waals surface area contributed by atoms with Crippen LogP contribution in [0.1, 0.15) is 37.0 Å². The first kappa shape index (κ1) is 13.8. The lowest BCUT2D eigenvalue weighted by molar-refractivity contribution is 0.529. The molecule has 0 N–H and O–H groups in total. The molecule has 1 aromatic heterocycles. The van der Waals surface area contributed by atoms with Crippen LogP contribution in [0.2, 0.25) is 0 Å². The van der Waals surface area contributed by atoms with Crippen LogP contribution in [0.15, 0.2) is 48.8 Å². The zero-order chi connectivity index (χ0) is 13.5. The molecular formula is C18H23N. The highest BCUT2D eigenvalue weighted by molar-refractivity contribution is 5.23. The Balaban J connectivity index is 1.88. The quantitative estimate of drug-likeness (QED) is 0.741.